The minimum Gasteiger partial charge on any atom is -0.489 e. The van der Waals surface area contributed by atoms with E-state index in [9.17, 15) is 8.42 Å². The molecule has 1 aromatic carbocycles. The molecule has 0 amide bonds. The van der Waals surface area contributed by atoms with Gasteiger partial charge < -0.3 is 15.4 Å². The summed E-state index contributed by atoms with van der Waals surface area (Å²) in [5.74, 6) is 1.83. The van der Waals surface area contributed by atoms with E-state index < -0.39 is 10.0 Å². The van der Waals surface area contributed by atoms with Crippen molar-refractivity contribution in [3.63, 3.8) is 0 Å². The third-order valence-electron chi connectivity index (χ3n) is 4.86. The molecule has 29 heavy (non-hydrogen) atoms. The number of sulfonamides is 1. The molecule has 1 heterocycles. The number of nitrogens with one attached hydrogen (secondary N) is 2. The molecule has 1 saturated heterocycles. The van der Waals surface area contributed by atoms with E-state index in [1.54, 1.807) is 4.31 Å². The van der Waals surface area contributed by atoms with Crippen molar-refractivity contribution < 1.29 is 13.2 Å². The van der Waals surface area contributed by atoms with E-state index in [1.165, 1.54) is 5.56 Å². The second-order valence-corrected chi connectivity index (χ2v) is 9.68. The number of guanidine groups is 1. The Kier molecular flexibility index (Phi) is 9.23. The zero-order chi connectivity index (χ0) is 21.3. The van der Waals surface area contributed by atoms with E-state index in [0.29, 0.717) is 26.1 Å². The highest BCUT2D eigenvalue weighted by atomic mass is 32.2. The van der Waals surface area contributed by atoms with Crippen LogP contribution in [0.25, 0.3) is 0 Å². The van der Waals surface area contributed by atoms with Gasteiger partial charge in [0, 0.05) is 25.7 Å². The molecule has 164 valence electrons. The van der Waals surface area contributed by atoms with Crippen LogP contribution in [-0.2, 0) is 10.0 Å². The molecule has 0 bridgehead atoms. The average molecular weight is 425 g/mol. The highest BCUT2D eigenvalue weighted by Crippen LogP contribution is 2.15. The summed E-state index contributed by atoms with van der Waals surface area (Å²) in [5.41, 5.74) is 1.20. The average Bonchev–Trinajstić information content (AvgIpc) is 2.68. The van der Waals surface area contributed by atoms with Gasteiger partial charge in [-0.3, -0.25) is 0 Å². The molecule has 2 N–H and O–H groups in total. The lowest BCUT2D eigenvalue weighted by atomic mass is 10.1. The Morgan fingerprint density at radius 1 is 1.24 bits per heavy atom. The smallest absolute Gasteiger partial charge is 0.214 e. The Hall–Kier alpha value is -1.80. The Morgan fingerprint density at radius 3 is 2.48 bits per heavy atom. The van der Waals surface area contributed by atoms with Crippen LogP contribution in [0.3, 0.4) is 0 Å². The van der Waals surface area contributed by atoms with Gasteiger partial charge in [-0.05, 0) is 52.2 Å². The molecular formula is C21H36N4O3S. The monoisotopic (exact) mass is 424 g/mol. The summed E-state index contributed by atoms with van der Waals surface area (Å²) in [7, 11) is -3.11. The Balaban J connectivity index is 1.85. The molecule has 1 fully saturated rings. The minimum atomic E-state index is -3.11. The molecule has 1 unspecified atom stereocenters. The summed E-state index contributed by atoms with van der Waals surface area (Å²) in [6.45, 7) is 10.4. The van der Waals surface area contributed by atoms with Crippen LogP contribution in [-0.4, -0.2) is 62.8 Å². The fourth-order valence-electron chi connectivity index (χ4n) is 3.28. The van der Waals surface area contributed by atoms with E-state index in [-0.39, 0.29) is 17.9 Å². The number of aliphatic imine (C=N–C) groups is 1. The van der Waals surface area contributed by atoms with Crippen molar-refractivity contribution in [2.24, 2.45) is 4.99 Å². The van der Waals surface area contributed by atoms with Crippen LogP contribution in [0, 0.1) is 6.92 Å². The van der Waals surface area contributed by atoms with E-state index in [1.807, 2.05) is 45.0 Å². The summed E-state index contributed by atoms with van der Waals surface area (Å²) < 4.78 is 32.0. The number of hydrogen-bond acceptors (Lipinski definition) is 4. The Labute approximate surface area is 176 Å². The SMILES string of the molecule is CCCS(=O)(=O)N1CCC(NC(=NCC(C)Oc2ccc(C)cc2)NCC)CC1. The van der Waals surface area contributed by atoms with E-state index in [4.69, 9.17) is 4.74 Å². The molecule has 1 aliphatic rings. The van der Waals surface area contributed by atoms with Crippen LogP contribution in [0.4, 0.5) is 0 Å². The Morgan fingerprint density at radius 2 is 1.90 bits per heavy atom. The first kappa shape index (κ1) is 23.5. The number of hydrogen-bond donors (Lipinski definition) is 2. The fourth-order valence-corrected chi connectivity index (χ4v) is 4.83. The van der Waals surface area contributed by atoms with Crippen molar-refractivity contribution in [3.05, 3.63) is 29.8 Å². The second-order valence-electron chi connectivity index (χ2n) is 7.59. The van der Waals surface area contributed by atoms with Crippen molar-refractivity contribution in [2.45, 2.75) is 59.1 Å². The fraction of sp³-hybridized carbons (Fsp3) is 0.667. The van der Waals surface area contributed by atoms with Crippen LogP contribution in [0.1, 0.15) is 45.6 Å². The van der Waals surface area contributed by atoms with Crippen molar-refractivity contribution in [2.75, 3.05) is 31.9 Å². The molecule has 7 nitrogen and oxygen atoms in total. The van der Waals surface area contributed by atoms with Crippen LogP contribution < -0.4 is 15.4 Å². The summed E-state index contributed by atoms with van der Waals surface area (Å²) in [4.78, 5) is 4.66. The summed E-state index contributed by atoms with van der Waals surface area (Å²) >= 11 is 0. The zero-order valence-electron chi connectivity index (χ0n) is 18.1. The molecule has 2 rings (SSSR count). The van der Waals surface area contributed by atoms with E-state index in [0.717, 1.165) is 31.1 Å². The van der Waals surface area contributed by atoms with Crippen LogP contribution in [0.15, 0.2) is 29.3 Å². The first-order chi connectivity index (χ1) is 13.8. The molecule has 0 aliphatic carbocycles. The van der Waals surface area contributed by atoms with Crippen molar-refractivity contribution in [1.29, 1.82) is 0 Å². The van der Waals surface area contributed by atoms with Crippen LogP contribution in [0.2, 0.25) is 0 Å². The maximum absolute atomic E-state index is 12.2. The molecule has 0 radical (unpaired) electrons. The molecule has 0 saturated carbocycles. The normalized spacial score (nSPS) is 17.7. The number of aryl methyl sites for hydroxylation is 1. The van der Waals surface area contributed by atoms with Crippen LogP contribution in [0.5, 0.6) is 5.75 Å². The van der Waals surface area contributed by atoms with E-state index >= 15 is 0 Å². The quantitative estimate of drug-likeness (QED) is 0.470. The van der Waals surface area contributed by atoms with Gasteiger partial charge in [0.15, 0.2) is 5.96 Å². The number of benzene rings is 1. The number of ether oxygens (including phenoxy) is 1. The van der Waals surface area contributed by atoms with Gasteiger partial charge in [-0.25, -0.2) is 17.7 Å². The van der Waals surface area contributed by atoms with Crippen molar-refractivity contribution in [1.82, 2.24) is 14.9 Å². The zero-order valence-corrected chi connectivity index (χ0v) is 19.0. The lowest BCUT2D eigenvalue weighted by molar-refractivity contribution is 0.230. The predicted octanol–water partition coefficient (Wildman–Crippen LogP) is 2.52. The van der Waals surface area contributed by atoms with Gasteiger partial charge in [-0.15, -0.1) is 0 Å². The number of piperidine rings is 1. The van der Waals surface area contributed by atoms with Gasteiger partial charge >= 0.3 is 0 Å². The Bertz CT molecular complexity index is 742. The highest BCUT2D eigenvalue weighted by Gasteiger charge is 2.27. The maximum atomic E-state index is 12.2. The van der Waals surface area contributed by atoms with Gasteiger partial charge in [0.25, 0.3) is 0 Å². The standard InChI is InChI=1S/C21H36N4O3S/c1-5-15-29(26,27)25-13-11-19(12-14-25)24-21(22-6-2)23-16-18(4)28-20-9-7-17(3)8-10-20/h7-10,18-19H,5-6,11-16H2,1-4H3,(H2,22,23,24). The highest BCUT2D eigenvalue weighted by molar-refractivity contribution is 7.89. The first-order valence-electron chi connectivity index (χ1n) is 10.6. The first-order valence-corrected chi connectivity index (χ1v) is 12.2. The minimum absolute atomic E-state index is 0.0470. The number of rotatable bonds is 9. The lowest BCUT2D eigenvalue weighted by Crippen LogP contribution is -2.50. The molecule has 1 aliphatic heterocycles. The molecule has 1 aromatic rings. The lowest BCUT2D eigenvalue weighted by Gasteiger charge is -2.32. The molecular weight excluding hydrogens is 388 g/mol. The third kappa shape index (κ3) is 7.85. The second kappa shape index (κ2) is 11.4. The maximum Gasteiger partial charge on any atom is 0.214 e. The van der Waals surface area contributed by atoms with Gasteiger partial charge in [0.05, 0.1) is 12.3 Å². The van der Waals surface area contributed by atoms with Crippen molar-refractivity contribution >= 4 is 16.0 Å². The predicted molar refractivity (Wildman–Crippen MR) is 119 cm³/mol. The summed E-state index contributed by atoms with van der Waals surface area (Å²) in [5, 5.41) is 6.72. The van der Waals surface area contributed by atoms with Gasteiger partial charge in [-0.1, -0.05) is 24.6 Å². The largest absolute Gasteiger partial charge is 0.489 e. The third-order valence-corrected chi connectivity index (χ3v) is 6.94. The van der Waals surface area contributed by atoms with Crippen LogP contribution >= 0.6 is 0 Å². The van der Waals surface area contributed by atoms with E-state index in [2.05, 4.69) is 22.5 Å². The van der Waals surface area contributed by atoms with Gasteiger partial charge in [0.1, 0.15) is 11.9 Å². The molecule has 8 heteroatoms. The molecule has 0 spiro atoms. The summed E-state index contributed by atoms with van der Waals surface area (Å²) in [6.07, 6.45) is 2.17. The number of nitrogens with zero attached hydrogens (tertiary/aromatic N) is 2. The molecule has 0 aromatic heterocycles. The molecule has 1 atom stereocenters. The summed E-state index contributed by atoms with van der Waals surface area (Å²) in [6, 6.07) is 8.22. The van der Waals surface area contributed by atoms with Crippen molar-refractivity contribution in [3.8, 4) is 5.75 Å². The van der Waals surface area contributed by atoms with Gasteiger partial charge in [0.2, 0.25) is 10.0 Å². The van der Waals surface area contributed by atoms with Gasteiger partial charge in [-0.2, -0.15) is 0 Å². The topological polar surface area (TPSA) is 83.0 Å².